The fourth-order valence-corrected chi connectivity index (χ4v) is 2.87. The van der Waals surface area contributed by atoms with Gasteiger partial charge in [-0.25, -0.2) is 4.79 Å². The minimum Gasteiger partial charge on any atom is -0.435 e. The van der Waals surface area contributed by atoms with Crippen LogP contribution in [-0.4, -0.2) is 40.9 Å². The molecule has 0 spiro atoms. The average Bonchev–Trinajstić information content (AvgIpc) is 3.06. The summed E-state index contributed by atoms with van der Waals surface area (Å²) in [5.74, 6) is -1.15. The van der Waals surface area contributed by atoms with Crippen molar-refractivity contribution in [2.75, 3.05) is 11.9 Å². The summed E-state index contributed by atoms with van der Waals surface area (Å²) in [6, 6.07) is 1.78. The summed E-state index contributed by atoms with van der Waals surface area (Å²) >= 11 is 0. The minimum absolute atomic E-state index is 0.0237. The van der Waals surface area contributed by atoms with Gasteiger partial charge in [-0.1, -0.05) is 0 Å². The molecule has 0 bridgehead atoms. The number of urea groups is 1. The molecule has 3 rings (SSSR count). The Hall–Kier alpha value is -3.19. The number of fused-ring (bicyclic) bond motifs is 1. The Kier molecular flexibility index (Phi) is 5.94. The predicted octanol–water partition coefficient (Wildman–Crippen LogP) is 4.22. The number of aromatic amines is 1. The minimum atomic E-state index is -4.72. The van der Waals surface area contributed by atoms with Gasteiger partial charge >= 0.3 is 25.4 Å². The first kappa shape index (κ1) is 21.5. The van der Waals surface area contributed by atoms with Crippen LogP contribution in [0.3, 0.4) is 0 Å². The Labute approximate surface area is 163 Å². The van der Waals surface area contributed by atoms with Gasteiger partial charge in [0, 0.05) is 30.3 Å². The van der Waals surface area contributed by atoms with Crippen molar-refractivity contribution in [3.63, 3.8) is 0 Å². The van der Waals surface area contributed by atoms with Crippen molar-refractivity contribution in [3.05, 3.63) is 35.2 Å². The lowest BCUT2D eigenvalue weighted by atomic mass is 10.1. The van der Waals surface area contributed by atoms with Gasteiger partial charge in [0.25, 0.3) is 0 Å². The zero-order valence-electron chi connectivity index (χ0n) is 14.8. The van der Waals surface area contributed by atoms with Crippen LogP contribution in [0.4, 0.5) is 41.2 Å². The average molecular weight is 442 g/mol. The number of hydrogen-bond donors (Lipinski definition) is 2. The maximum Gasteiger partial charge on any atom is 0.435 e. The molecule has 2 heterocycles. The third-order valence-corrected chi connectivity index (χ3v) is 4.13. The third kappa shape index (κ3) is 4.86. The lowest BCUT2D eigenvalue weighted by molar-refractivity contribution is -0.142. The Bertz CT molecular complexity index is 917. The van der Waals surface area contributed by atoms with E-state index in [1.807, 2.05) is 0 Å². The van der Waals surface area contributed by atoms with Crippen LogP contribution in [0.25, 0.3) is 0 Å². The number of carbonyl (C=O) groups is 1. The Balaban J connectivity index is 1.78. The van der Waals surface area contributed by atoms with Gasteiger partial charge in [0.1, 0.15) is 5.75 Å². The number of ether oxygens (including phenoxy) is 2. The van der Waals surface area contributed by atoms with E-state index in [1.165, 1.54) is 0 Å². The van der Waals surface area contributed by atoms with Crippen LogP contribution in [0.2, 0.25) is 0 Å². The summed E-state index contributed by atoms with van der Waals surface area (Å²) < 4.78 is 97.2. The Morgan fingerprint density at radius 3 is 2.50 bits per heavy atom. The molecule has 1 aliphatic heterocycles. The zero-order chi connectivity index (χ0) is 22.1. The maximum atomic E-state index is 13.0. The molecule has 2 aromatic rings. The highest BCUT2D eigenvalue weighted by Crippen LogP contribution is 2.35. The number of halogens is 7. The predicted molar refractivity (Wildman–Crippen MR) is 86.4 cm³/mol. The first-order valence-corrected chi connectivity index (χ1v) is 8.27. The number of aromatic nitrogens is 2. The fraction of sp³-hybridized carbons (Fsp3) is 0.375. The van der Waals surface area contributed by atoms with Crippen molar-refractivity contribution >= 4 is 11.7 Å². The van der Waals surface area contributed by atoms with Gasteiger partial charge in [-0.15, -0.1) is 0 Å². The number of amides is 2. The van der Waals surface area contributed by atoms with Crippen molar-refractivity contribution in [1.29, 1.82) is 0 Å². The van der Waals surface area contributed by atoms with Gasteiger partial charge < -0.3 is 19.7 Å². The number of alkyl halides is 7. The topological polar surface area (TPSA) is 79.5 Å². The number of hydrogen-bond acceptors (Lipinski definition) is 4. The van der Waals surface area contributed by atoms with Crippen molar-refractivity contribution in [2.24, 2.45) is 0 Å². The first-order chi connectivity index (χ1) is 14.0. The number of H-pyrrole nitrogens is 1. The van der Waals surface area contributed by atoms with Crippen LogP contribution < -0.4 is 14.8 Å². The van der Waals surface area contributed by atoms with Crippen molar-refractivity contribution < 1.29 is 45.0 Å². The zero-order valence-corrected chi connectivity index (χ0v) is 14.8. The van der Waals surface area contributed by atoms with Crippen molar-refractivity contribution in [3.8, 4) is 11.5 Å². The van der Waals surface area contributed by atoms with Crippen LogP contribution in [0.1, 0.15) is 17.0 Å². The van der Waals surface area contributed by atoms with Crippen molar-refractivity contribution in [1.82, 2.24) is 15.1 Å². The molecule has 1 aromatic carbocycles. The van der Waals surface area contributed by atoms with Crippen LogP contribution in [0.5, 0.6) is 11.5 Å². The lowest BCUT2D eigenvalue weighted by Gasteiger charge is -2.28. The van der Waals surface area contributed by atoms with E-state index in [0.717, 1.165) is 23.1 Å². The summed E-state index contributed by atoms with van der Waals surface area (Å²) in [5, 5.41) is 7.75. The second-order valence-corrected chi connectivity index (χ2v) is 6.04. The SMILES string of the molecule is O=C(Nc1ccc(OC(F)F)cc1OC(F)F)N1CCc2[nH]nc(C(F)(F)F)c2C1. The molecule has 2 N–H and O–H groups in total. The molecule has 164 valence electrons. The van der Waals surface area contributed by atoms with E-state index in [1.54, 1.807) is 0 Å². The highest BCUT2D eigenvalue weighted by Gasteiger charge is 2.40. The summed E-state index contributed by atoms with van der Waals surface area (Å²) in [5.41, 5.74) is -1.42. The quantitative estimate of drug-likeness (QED) is 0.680. The number of anilines is 1. The molecule has 1 aliphatic rings. The molecule has 0 saturated heterocycles. The smallest absolute Gasteiger partial charge is 0.435 e. The standard InChI is InChI=1S/C16H13F7N4O3/c17-13(18)29-7-1-2-10(11(5-7)30-14(19)20)24-15(28)27-4-3-9-8(6-27)12(26-25-9)16(21,22)23/h1-2,5,13-14H,3-4,6H2,(H,24,28)(H,25,26). The molecule has 0 fully saturated rings. The number of benzene rings is 1. The normalized spacial score (nSPS) is 14.1. The second kappa shape index (κ2) is 8.28. The monoisotopic (exact) mass is 442 g/mol. The van der Waals surface area contributed by atoms with Gasteiger partial charge in [0.2, 0.25) is 0 Å². The van der Waals surface area contributed by atoms with E-state index in [2.05, 4.69) is 25.0 Å². The van der Waals surface area contributed by atoms with Crippen LogP contribution >= 0.6 is 0 Å². The molecule has 30 heavy (non-hydrogen) atoms. The van der Waals surface area contributed by atoms with E-state index >= 15 is 0 Å². The van der Waals surface area contributed by atoms with Crippen LogP contribution in [-0.2, 0) is 19.1 Å². The molecule has 0 unspecified atom stereocenters. The van der Waals surface area contributed by atoms with Crippen LogP contribution in [0.15, 0.2) is 18.2 Å². The van der Waals surface area contributed by atoms with E-state index in [-0.39, 0.29) is 29.9 Å². The molecule has 7 nitrogen and oxygen atoms in total. The van der Waals surface area contributed by atoms with Crippen LogP contribution in [0, 0.1) is 0 Å². The van der Waals surface area contributed by atoms with E-state index in [4.69, 9.17) is 0 Å². The number of nitrogens with one attached hydrogen (secondary N) is 2. The molecular formula is C16H13F7N4O3. The number of nitrogens with zero attached hydrogens (tertiary/aromatic N) is 2. The van der Waals surface area contributed by atoms with E-state index in [0.29, 0.717) is 0 Å². The van der Waals surface area contributed by atoms with Gasteiger partial charge in [-0.3, -0.25) is 5.10 Å². The summed E-state index contributed by atoms with van der Waals surface area (Å²) in [6.45, 7) is -6.95. The van der Waals surface area contributed by atoms with Gasteiger partial charge in [-0.05, 0) is 12.1 Å². The second-order valence-electron chi connectivity index (χ2n) is 6.04. The largest absolute Gasteiger partial charge is 0.435 e. The Morgan fingerprint density at radius 1 is 1.17 bits per heavy atom. The van der Waals surface area contributed by atoms with E-state index in [9.17, 15) is 35.5 Å². The molecule has 2 amide bonds. The Morgan fingerprint density at radius 2 is 1.87 bits per heavy atom. The van der Waals surface area contributed by atoms with E-state index < -0.39 is 49.2 Å². The molecular weight excluding hydrogens is 429 g/mol. The summed E-state index contributed by atoms with van der Waals surface area (Å²) in [7, 11) is 0. The number of rotatable bonds is 5. The van der Waals surface area contributed by atoms with Gasteiger partial charge in [0.05, 0.1) is 12.2 Å². The molecule has 0 atom stereocenters. The van der Waals surface area contributed by atoms with Gasteiger partial charge in [-0.2, -0.15) is 35.8 Å². The molecule has 0 aliphatic carbocycles. The fourth-order valence-electron chi connectivity index (χ4n) is 2.87. The summed E-state index contributed by atoms with van der Waals surface area (Å²) in [6.07, 6.45) is -4.66. The summed E-state index contributed by atoms with van der Waals surface area (Å²) in [4.78, 5) is 13.5. The number of carbonyl (C=O) groups excluding carboxylic acids is 1. The molecule has 14 heteroatoms. The molecule has 1 aromatic heterocycles. The third-order valence-electron chi connectivity index (χ3n) is 4.13. The highest BCUT2D eigenvalue weighted by molar-refractivity contribution is 5.91. The lowest BCUT2D eigenvalue weighted by Crippen LogP contribution is -2.39. The molecule has 0 radical (unpaired) electrons. The first-order valence-electron chi connectivity index (χ1n) is 8.27. The maximum absolute atomic E-state index is 13.0. The van der Waals surface area contributed by atoms with Crippen molar-refractivity contribution in [2.45, 2.75) is 32.4 Å². The molecule has 0 saturated carbocycles. The highest BCUT2D eigenvalue weighted by atomic mass is 19.4. The van der Waals surface area contributed by atoms with Gasteiger partial charge in [0.15, 0.2) is 11.4 Å².